The Morgan fingerprint density at radius 3 is 2.65 bits per heavy atom. The van der Waals surface area contributed by atoms with Crippen LogP contribution in [-0.4, -0.2) is 10.1 Å². The first-order valence-electron chi connectivity index (χ1n) is 5.59. The van der Waals surface area contributed by atoms with Crippen molar-refractivity contribution >= 4 is 22.6 Å². The molecule has 2 aromatic rings. The van der Waals surface area contributed by atoms with Crippen LogP contribution in [0.2, 0.25) is 0 Å². The molecule has 0 saturated heterocycles. The second-order valence-corrected chi connectivity index (χ2v) is 5.57. The number of nitrogens with two attached hydrogens (primary N) is 1. The van der Waals surface area contributed by atoms with Crippen LogP contribution in [0.1, 0.15) is 24.7 Å². The van der Waals surface area contributed by atoms with Crippen molar-refractivity contribution in [1.29, 1.82) is 0 Å². The molecule has 1 saturated carbocycles. The van der Waals surface area contributed by atoms with Crippen molar-refractivity contribution in [1.82, 2.24) is 10.1 Å². The van der Waals surface area contributed by atoms with Gasteiger partial charge in [-0.05, 0) is 65.6 Å². The van der Waals surface area contributed by atoms with E-state index in [4.69, 9.17) is 10.3 Å². The second-order valence-electron chi connectivity index (χ2n) is 4.33. The number of hydrogen-bond acceptors (Lipinski definition) is 4. The van der Waals surface area contributed by atoms with Gasteiger partial charge in [0, 0.05) is 9.13 Å². The lowest BCUT2D eigenvalue weighted by atomic mass is 10.2. The molecule has 3 rings (SSSR count). The molecule has 1 fully saturated rings. The predicted molar refractivity (Wildman–Crippen MR) is 72.1 cm³/mol. The van der Waals surface area contributed by atoms with Crippen molar-refractivity contribution in [2.45, 2.75) is 18.9 Å². The molecule has 0 aliphatic heterocycles. The van der Waals surface area contributed by atoms with Gasteiger partial charge in [0.05, 0.1) is 6.04 Å². The van der Waals surface area contributed by atoms with Gasteiger partial charge < -0.3 is 10.3 Å². The molecule has 1 aromatic carbocycles. The van der Waals surface area contributed by atoms with Crippen molar-refractivity contribution in [3.63, 3.8) is 0 Å². The molecule has 2 N–H and O–H groups in total. The van der Waals surface area contributed by atoms with E-state index in [1.165, 1.54) is 16.4 Å². The maximum Gasteiger partial charge on any atom is 0.257 e. The van der Waals surface area contributed by atoms with E-state index >= 15 is 0 Å². The summed E-state index contributed by atoms with van der Waals surface area (Å²) in [7, 11) is 0. The van der Waals surface area contributed by atoms with Crippen LogP contribution in [0.4, 0.5) is 0 Å². The summed E-state index contributed by atoms with van der Waals surface area (Å²) in [5, 5.41) is 3.96. The predicted octanol–water partition coefficient (Wildman–Crippen LogP) is 2.75. The molecule has 1 unspecified atom stereocenters. The fourth-order valence-corrected chi connectivity index (χ4v) is 2.11. The van der Waals surface area contributed by atoms with Crippen molar-refractivity contribution in [3.05, 3.63) is 33.7 Å². The average Bonchev–Trinajstić information content (AvgIpc) is 3.07. The van der Waals surface area contributed by atoms with E-state index in [0.29, 0.717) is 17.6 Å². The number of halogens is 1. The Bertz CT molecular complexity index is 519. The second kappa shape index (κ2) is 4.38. The molecule has 0 bridgehead atoms. The maximum absolute atomic E-state index is 6.03. The number of aromatic nitrogens is 2. The monoisotopic (exact) mass is 341 g/mol. The first kappa shape index (κ1) is 11.2. The normalized spacial score (nSPS) is 17.1. The van der Waals surface area contributed by atoms with Gasteiger partial charge >= 0.3 is 0 Å². The summed E-state index contributed by atoms with van der Waals surface area (Å²) in [6, 6.07) is 7.90. The summed E-state index contributed by atoms with van der Waals surface area (Å²) in [6.07, 6.45) is 2.35. The van der Waals surface area contributed by atoms with Gasteiger partial charge in [-0.2, -0.15) is 4.98 Å². The van der Waals surface area contributed by atoms with E-state index in [9.17, 15) is 0 Å². The SMILES string of the molecule is NC(c1noc(-c2ccc(I)cc2)n1)C1CC1. The highest BCUT2D eigenvalue weighted by molar-refractivity contribution is 14.1. The summed E-state index contributed by atoms with van der Waals surface area (Å²) < 4.78 is 6.43. The van der Waals surface area contributed by atoms with E-state index in [2.05, 4.69) is 32.7 Å². The maximum atomic E-state index is 6.03. The van der Waals surface area contributed by atoms with Gasteiger partial charge in [-0.3, -0.25) is 0 Å². The third kappa shape index (κ3) is 2.35. The zero-order valence-electron chi connectivity index (χ0n) is 9.14. The van der Waals surface area contributed by atoms with Crippen LogP contribution in [0.15, 0.2) is 28.8 Å². The van der Waals surface area contributed by atoms with Gasteiger partial charge in [0.25, 0.3) is 5.89 Å². The van der Waals surface area contributed by atoms with E-state index < -0.39 is 0 Å². The third-order valence-corrected chi connectivity index (χ3v) is 3.68. The topological polar surface area (TPSA) is 64.9 Å². The number of benzene rings is 1. The van der Waals surface area contributed by atoms with Crippen LogP contribution < -0.4 is 5.73 Å². The Hall–Kier alpha value is -0.950. The number of hydrogen-bond donors (Lipinski definition) is 1. The minimum Gasteiger partial charge on any atom is -0.334 e. The van der Waals surface area contributed by atoms with Gasteiger partial charge in [-0.25, -0.2) is 0 Å². The van der Waals surface area contributed by atoms with Crippen LogP contribution in [-0.2, 0) is 0 Å². The fourth-order valence-electron chi connectivity index (χ4n) is 1.75. The molecular weight excluding hydrogens is 329 g/mol. The van der Waals surface area contributed by atoms with Crippen LogP contribution in [0.3, 0.4) is 0 Å². The molecular formula is C12H12IN3O. The highest BCUT2D eigenvalue weighted by Crippen LogP contribution is 2.38. The molecule has 1 aromatic heterocycles. The van der Waals surface area contributed by atoms with Crippen LogP contribution in [0, 0.1) is 9.49 Å². The smallest absolute Gasteiger partial charge is 0.257 e. The third-order valence-electron chi connectivity index (χ3n) is 2.96. The number of nitrogens with zero attached hydrogens (tertiary/aromatic N) is 2. The molecule has 0 amide bonds. The largest absolute Gasteiger partial charge is 0.334 e. The molecule has 0 spiro atoms. The van der Waals surface area contributed by atoms with E-state index in [1.807, 2.05) is 24.3 Å². The van der Waals surface area contributed by atoms with Crippen LogP contribution in [0.5, 0.6) is 0 Å². The fraction of sp³-hybridized carbons (Fsp3) is 0.333. The average molecular weight is 341 g/mol. The molecule has 1 aliphatic carbocycles. The minimum absolute atomic E-state index is 0.0728. The Labute approximate surface area is 113 Å². The zero-order chi connectivity index (χ0) is 11.8. The molecule has 1 heterocycles. The van der Waals surface area contributed by atoms with Gasteiger partial charge in [-0.1, -0.05) is 5.16 Å². The first-order valence-corrected chi connectivity index (χ1v) is 6.67. The summed E-state index contributed by atoms with van der Waals surface area (Å²) in [6.45, 7) is 0. The summed E-state index contributed by atoms with van der Waals surface area (Å²) in [4.78, 5) is 4.37. The Morgan fingerprint density at radius 1 is 1.29 bits per heavy atom. The van der Waals surface area contributed by atoms with Crippen molar-refractivity contribution < 1.29 is 4.52 Å². The van der Waals surface area contributed by atoms with Crippen molar-refractivity contribution in [2.24, 2.45) is 11.7 Å². The van der Waals surface area contributed by atoms with Gasteiger partial charge in [0.15, 0.2) is 5.82 Å². The van der Waals surface area contributed by atoms with E-state index in [0.717, 1.165) is 5.56 Å². The zero-order valence-corrected chi connectivity index (χ0v) is 11.3. The van der Waals surface area contributed by atoms with E-state index in [1.54, 1.807) is 0 Å². The molecule has 1 aliphatic rings. The van der Waals surface area contributed by atoms with Gasteiger partial charge in [-0.15, -0.1) is 0 Å². The minimum atomic E-state index is -0.0728. The van der Waals surface area contributed by atoms with Crippen LogP contribution in [0.25, 0.3) is 11.5 Å². The van der Waals surface area contributed by atoms with Gasteiger partial charge in [0.2, 0.25) is 0 Å². The Kier molecular flexibility index (Phi) is 2.87. The first-order chi connectivity index (χ1) is 8.24. The highest BCUT2D eigenvalue weighted by Gasteiger charge is 2.32. The quantitative estimate of drug-likeness (QED) is 0.872. The molecule has 4 nitrogen and oxygen atoms in total. The summed E-state index contributed by atoms with van der Waals surface area (Å²) in [5.74, 6) is 1.71. The van der Waals surface area contributed by atoms with Crippen molar-refractivity contribution in [2.75, 3.05) is 0 Å². The molecule has 5 heteroatoms. The standard InChI is InChI=1S/C12H12IN3O/c13-9-5-3-8(4-6-9)12-15-11(16-17-12)10(14)7-1-2-7/h3-7,10H,1-2,14H2. The van der Waals surface area contributed by atoms with Gasteiger partial charge in [0.1, 0.15) is 0 Å². The molecule has 88 valence electrons. The number of rotatable bonds is 3. The lowest BCUT2D eigenvalue weighted by Crippen LogP contribution is -2.13. The Balaban J connectivity index is 1.86. The lowest BCUT2D eigenvalue weighted by molar-refractivity contribution is 0.411. The summed E-state index contributed by atoms with van der Waals surface area (Å²) in [5.41, 5.74) is 6.97. The van der Waals surface area contributed by atoms with Crippen LogP contribution >= 0.6 is 22.6 Å². The van der Waals surface area contributed by atoms with Crippen molar-refractivity contribution in [3.8, 4) is 11.5 Å². The lowest BCUT2D eigenvalue weighted by Gasteiger charge is -2.01. The highest BCUT2D eigenvalue weighted by atomic mass is 127. The molecule has 1 atom stereocenters. The van der Waals surface area contributed by atoms with E-state index in [-0.39, 0.29) is 6.04 Å². The summed E-state index contributed by atoms with van der Waals surface area (Å²) >= 11 is 2.26. The molecule has 17 heavy (non-hydrogen) atoms. The molecule has 0 radical (unpaired) electrons. The Morgan fingerprint density at radius 2 is 2.00 bits per heavy atom.